The van der Waals surface area contributed by atoms with Gasteiger partial charge in [-0.3, -0.25) is 4.79 Å². The lowest BCUT2D eigenvalue weighted by Crippen LogP contribution is -2.22. The minimum absolute atomic E-state index is 0.0347. The van der Waals surface area contributed by atoms with Crippen LogP contribution in [0.3, 0.4) is 0 Å². The lowest BCUT2D eigenvalue weighted by atomic mass is 10.0. The van der Waals surface area contributed by atoms with Gasteiger partial charge in [-0.1, -0.05) is 13.8 Å². The average molecular weight is 326 g/mol. The molecule has 0 fully saturated rings. The van der Waals surface area contributed by atoms with Crippen LogP contribution in [0, 0.1) is 5.92 Å². The molecule has 0 aliphatic heterocycles. The number of rotatable bonds is 7. The SMILES string of the molecule is CCC(CC)C(=O)Nc1ccc(Nc2ccc(N(C)C)cc2)cn1. The Labute approximate surface area is 144 Å². The summed E-state index contributed by atoms with van der Waals surface area (Å²) in [5.41, 5.74) is 3.03. The highest BCUT2D eigenvalue weighted by Crippen LogP contribution is 2.20. The van der Waals surface area contributed by atoms with Crippen molar-refractivity contribution < 1.29 is 4.79 Å². The Morgan fingerprint density at radius 3 is 2.17 bits per heavy atom. The van der Waals surface area contributed by atoms with Gasteiger partial charge < -0.3 is 15.5 Å². The summed E-state index contributed by atoms with van der Waals surface area (Å²) in [4.78, 5) is 18.4. The maximum atomic E-state index is 12.1. The second-order valence-electron chi connectivity index (χ2n) is 6.00. The predicted molar refractivity (Wildman–Crippen MR) is 101 cm³/mol. The molecule has 5 heteroatoms. The molecule has 0 radical (unpaired) electrons. The van der Waals surface area contributed by atoms with Gasteiger partial charge in [0.25, 0.3) is 0 Å². The summed E-state index contributed by atoms with van der Waals surface area (Å²) in [5.74, 6) is 0.660. The lowest BCUT2D eigenvalue weighted by Gasteiger charge is -2.14. The molecule has 0 aliphatic rings. The van der Waals surface area contributed by atoms with Crippen molar-refractivity contribution >= 4 is 28.8 Å². The van der Waals surface area contributed by atoms with Crippen molar-refractivity contribution in [2.75, 3.05) is 29.6 Å². The number of benzene rings is 1. The van der Waals surface area contributed by atoms with Crippen molar-refractivity contribution in [3.8, 4) is 0 Å². The van der Waals surface area contributed by atoms with Gasteiger partial charge in [-0.15, -0.1) is 0 Å². The van der Waals surface area contributed by atoms with E-state index in [0.717, 1.165) is 29.9 Å². The zero-order chi connectivity index (χ0) is 17.5. The van der Waals surface area contributed by atoms with Crippen molar-refractivity contribution in [1.82, 2.24) is 4.98 Å². The number of hydrogen-bond donors (Lipinski definition) is 2. The molecule has 2 aromatic rings. The first kappa shape index (κ1) is 17.8. The van der Waals surface area contributed by atoms with Crippen molar-refractivity contribution in [1.29, 1.82) is 0 Å². The quantitative estimate of drug-likeness (QED) is 0.798. The van der Waals surface area contributed by atoms with Crippen molar-refractivity contribution in [3.05, 3.63) is 42.6 Å². The third-order valence-corrected chi connectivity index (χ3v) is 4.04. The molecule has 1 amide bonds. The Hall–Kier alpha value is -2.56. The number of carbonyl (C=O) groups is 1. The van der Waals surface area contributed by atoms with Gasteiger partial charge in [-0.05, 0) is 49.2 Å². The van der Waals surface area contributed by atoms with Gasteiger partial charge in [-0.2, -0.15) is 0 Å². The van der Waals surface area contributed by atoms with E-state index in [-0.39, 0.29) is 11.8 Å². The molecule has 0 unspecified atom stereocenters. The van der Waals surface area contributed by atoms with Gasteiger partial charge in [0.1, 0.15) is 5.82 Å². The van der Waals surface area contributed by atoms with Crippen LogP contribution in [0.2, 0.25) is 0 Å². The topological polar surface area (TPSA) is 57.3 Å². The highest BCUT2D eigenvalue weighted by atomic mass is 16.1. The number of nitrogens with zero attached hydrogens (tertiary/aromatic N) is 2. The fourth-order valence-electron chi connectivity index (χ4n) is 2.44. The zero-order valence-corrected chi connectivity index (χ0v) is 14.8. The minimum Gasteiger partial charge on any atom is -0.378 e. The number of nitrogens with one attached hydrogen (secondary N) is 2. The largest absolute Gasteiger partial charge is 0.378 e. The van der Waals surface area contributed by atoms with Crippen LogP contribution in [0.25, 0.3) is 0 Å². The highest BCUT2D eigenvalue weighted by molar-refractivity contribution is 5.91. The Kier molecular flexibility index (Phi) is 6.18. The van der Waals surface area contributed by atoms with Gasteiger partial charge in [0.15, 0.2) is 0 Å². The van der Waals surface area contributed by atoms with Crippen molar-refractivity contribution in [3.63, 3.8) is 0 Å². The molecule has 1 aromatic carbocycles. The van der Waals surface area contributed by atoms with Crippen molar-refractivity contribution in [2.45, 2.75) is 26.7 Å². The molecule has 2 rings (SSSR count). The maximum Gasteiger partial charge on any atom is 0.228 e. The van der Waals surface area contributed by atoms with E-state index in [1.54, 1.807) is 6.20 Å². The maximum absolute atomic E-state index is 12.1. The van der Waals surface area contributed by atoms with Crippen LogP contribution < -0.4 is 15.5 Å². The van der Waals surface area contributed by atoms with Crippen LogP contribution >= 0.6 is 0 Å². The van der Waals surface area contributed by atoms with E-state index in [1.807, 2.05) is 52.2 Å². The molecule has 0 bridgehead atoms. The number of anilines is 4. The van der Waals surface area contributed by atoms with Crippen LogP contribution in [0.4, 0.5) is 22.9 Å². The second-order valence-corrected chi connectivity index (χ2v) is 6.00. The molecule has 0 spiro atoms. The molecule has 0 aliphatic carbocycles. The molecule has 24 heavy (non-hydrogen) atoms. The van der Waals surface area contributed by atoms with Crippen LogP contribution in [-0.2, 0) is 4.79 Å². The molecular formula is C19H26N4O. The molecule has 1 aromatic heterocycles. The van der Waals surface area contributed by atoms with Gasteiger partial charge >= 0.3 is 0 Å². The van der Waals surface area contributed by atoms with Crippen LogP contribution in [0.5, 0.6) is 0 Å². The standard InChI is InChI=1S/C19H26N4O/c1-5-14(6-2)19(24)22-18-12-9-16(13-20-18)21-15-7-10-17(11-8-15)23(3)4/h7-14,21H,5-6H2,1-4H3,(H,20,22,24). The normalized spacial score (nSPS) is 10.5. The predicted octanol–water partition coefficient (Wildman–Crippen LogP) is 4.27. The van der Waals surface area contributed by atoms with Crippen LogP contribution in [-0.4, -0.2) is 25.0 Å². The molecule has 128 valence electrons. The molecule has 0 saturated heterocycles. The Bertz CT molecular complexity index is 646. The summed E-state index contributed by atoms with van der Waals surface area (Å²) in [7, 11) is 4.03. The number of hydrogen-bond acceptors (Lipinski definition) is 4. The number of amides is 1. The number of carbonyl (C=O) groups excluding carboxylic acids is 1. The van der Waals surface area contributed by atoms with Gasteiger partial charge in [0.2, 0.25) is 5.91 Å². The fraction of sp³-hybridized carbons (Fsp3) is 0.368. The minimum atomic E-state index is 0.0347. The van der Waals surface area contributed by atoms with Crippen LogP contribution in [0.15, 0.2) is 42.6 Å². The van der Waals surface area contributed by atoms with E-state index in [9.17, 15) is 4.79 Å². The van der Waals surface area contributed by atoms with E-state index in [4.69, 9.17) is 0 Å². The molecule has 5 nitrogen and oxygen atoms in total. The van der Waals surface area contributed by atoms with E-state index in [0.29, 0.717) is 5.82 Å². The van der Waals surface area contributed by atoms with Gasteiger partial charge in [0.05, 0.1) is 11.9 Å². The average Bonchev–Trinajstić information content (AvgIpc) is 2.58. The monoisotopic (exact) mass is 326 g/mol. The van der Waals surface area contributed by atoms with Gasteiger partial charge in [-0.25, -0.2) is 4.98 Å². The summed E-state index contributed by atoms with van der Waals surface area (Å²) in [5, 5.41) is 6.17. The molecule has 0 saturated carbocycles. The molecule has 2 N–H and O–H groups in total. The first-order valence-electron chi connectivity index (χ1n) is 8.34. The van der Waals surface area contributed by atoms with E-state index in [2.05, 4.69) is 32.7 Å². The number of aromatic nitrogens is 1. The van der Waals surface area contributed by atoms with Crippen molar-refractivity contribution in [2.24, 2.45) is 5.92 Å². The lowest BCUT2D eigenvalue weighted by molar-refractivity contribution is -0.120. The first-order chi connectivity index (χ1) is 11.5. The molecular weight excluding hydrogens is 300 g/mol. The summed E-state index contributed by atoms with van der Waals surface area (Å²) in [6.07, 6.45) is 3.40. The summed E-state index contributed by atoms with van der Waals surface area (Å²) >= 11 is 0. The third kappa shape index (κ3) is 4.72. The zero-order valence-electron chi connectivity index (χ0n) is 14.8. The Morgan fingerprint density at radius 1 is 1.04 bits per heavy atom. The number of pyridine rings is 1. The Balaban J connectivity index is 1.97. The highest BCUT2D eigenvalue weighted by Gasteiger charge is 2.14. The summed E-state index contributed by atoms with van der Waals surface area (Å²) < 4.78 is 0. The second kappa shape index (κ2) is 8.34. The van der Waals surface area contributed by atoms with E-state index in [1.165, 1.54) is 0 Å². The van der Waals surface area contributed by atoms with Gasteiger partial charge in [0, 0.05) is 31.4 Å². The summed E-state index contributed by atoms with van der Waals surface area (Å²) in [6.45, 7) is 4.05. The third-order valence-electron chi connectivity index (χ3n) is 4.04. The fourth-order valence-corrected chi connectivity index (χ4v) is 2.44. The first-order valence-corrected chi connectivity index (χ1v) is 8.34. The molecule has 1 heterocycles. The van der Waals surface area contributed by atoms with E-state index >= 15 is 0 Å². The summed E-state index contributed by atoms with van der Waals surface area (Å²) in [6, 6.07) is 11.9. The van der Waals surface area contributed by atoms with E-state index < -0.39 is 0 Å². The smallest absolute Gasteiger partial charge is 0.228 e. The van der Waals surface area contributed by atoms with Crippen LogP contribution in [0.1, 0.15) is 26.7 Å². The Morgan fingerprint density at radius 2 is 1.67 bits per heavy atom. The molecule has 0 atom stereocenters.